The van der Waals surface area contributed by atoms with Crippen molar-refractivity contribution in [1.29, 1.82) is 0 Å². The molecular formula is C24H26N2O4. The van der Waals surface area contributed by atoms with Gasteiger partial charge >= 0.3 is 0 Å². The number of rotatable bonds is 9. The number of methoxy groups -OCH3 is 2. The molecule has 0 aliphatic heterocycles. The minimum absolute atomic E-state index is 0.00640. The van der Waals surface area contributed by atoms with Crippen molar-refractivity contribution in [2.75, 3.05) is 14.2 Å². The minimum Gasteiger partial charge on any atom is -0.497 e. The number of ether oxygens (including phenoxy) is 2. The van der Waals surface area contributed by atoms with Crippen LogP contribution in [-0.4, -0.2) is 25.1 Å². The van der Waals surface area contributed by atoms with Gasteiger partial charge in [0.15, 0.2) is 11.7 Å². The van der Waals surface area contributed by atoms with Gasteiger partial charge in [-0.15, -0.1) is 0 Å². The van der Waals surface area contributed by atoms with Crippen LogP contribution in [0.3, 0.4) is 0 Å². The van der Waals surface area contributed by atoms with E-state index in [0.29, 0.717) is 30.4 Å². The summed E-state index contributed by atoms with van der Waals surface area (Å²) in [6.07, 6.45) is 4.77. The molecule has 1 aliphatic carbocycles. The van der Waals surface area contributed by atoms with Crippen molar-refractivity contribution < 1.29 is 18.7 Å². The summed E-state index contributed by atoms with van der Waals surface area (Å²) in [5.41, 5.74) is 2.04. The van der Waals surface area contributed by atoms with Crippen LogP contribution in [0.2, 0.25) is 0 Å². The van der Waals surface area contributed by atoms with Crippen molar-refractivity contribution in [2.24, 2.45) is 5.92 Å². The number of aromatic nitrogens is 1. The number of carbonyl (C=O) groups is 1. The molecule has 0 bridgehead atoms. The second-order valence-electron chi connectivity index (χ2n) is 7.50. The van der Waals surface area contributed by atoms with Crippen molar-refractivity contribution in [3.8, 4) is 22.8 Å². The van der Waals surface area contributed by atoms with E-state index in [1.54, 1.807) is 20.4 Å². The van der Waals surface area contributed by atoms with Crippen molar-refractivity contribution >= 4 is 5.91 Å². The van der Waals surface area contributed by atoms with Gasteiger partial charge in [0.05, 0.1) is 26.5 Å². The molecular weight excluding hydrogens is 380 g/mol. The van der Waals surface area contributed by atoms with Gasteiger partial charge in [-0.25, -0.2) is 4.98 Å². The fraction of sp³-hybridized carbons (Fsp3) is 0.333. The molecule has 0 radical (unpaired) electrons. The highest BCUT2D eigenvalue weighted by Gasteiger charge is 2.33. The van der Waals surface area contributed by atoms with E-state index >= 15 is 0 Å². The molecule has 2 aromatic carbocycles. The van der Waals surface area contributed by atoms with Gasteiger partial charge in [0.25, 0.3) is 0 Å². The van der Waals surface area contributed by atoms with E-state index in [1.165, 1.54) is 0 Å². The van der Waals surface area contributed by atoms with Gasteiger partial charge in [0, 0.05) is 18.4 Å². The maximum absolute atomic E-state index is 12.6. The topological polar surface area (TPSA) is 73.6 Å². The third-order valence-electron chi connectivity index (χ3n) is 5.38. The van der Waals surface area contributed by atoms with E-state index in [-0.39, 0.29) is 11.9 Å². The lowest BCUT2D eigenvalue weighted by molar-refractivity contribution is -0.122. The van der Waals surface area contributed by atoms with Crippen LogP contribution in [-0.2, 0) is 11.2 Å². The Balaban J connectivity index is 1.34. The van der Waals surface area contributed by atoms with Crippen LogP contribution in [0.4, 0.5) is 0 Å². The lowest BCUT2D eigenvalue weighted by Crippen LogP contribution is -2.30. The molecule has 1 heterocycles. The SMILES string of the molecule is COc1ccc(-c2cnc(CCC(=O)NC(c3ccc(OC)cc3)C3CC3)o2)cc1. The van der Waals surface area contributed by atoms with Gasteiger partial charge < -0.3 is 19.2 Å². The Bertz CT molecular complexity index is 975. The van der Waals surface area contributed by atoms with Crippen molar-refractivity contribution in [3.63, 3.8) is 0 Å². The molecule has 1 fully saturated rings. The summed E-state index contributed by atoms with van der Waals surface area (Å²) >= 11 is 0. The lowest BCUT2D eigenvalue weighted by atomic mass is 10.0. The first kappa shape index (κ1) is 20.0. The molecule has 1 aliphatic rings. The van der Waals surface area contributed by atoms with E-state index in [0.717, 1.165) is 35.5 Å². The molecule has 1 aromatic heterocycles. The highest BCUT2D eigenvalue weighted by molar-refractivity contribution is 5.76. The Hall–Kier alpha value is -3.28. The monoisotopic (exact) mass is 406 g/mol. The van der Waals surface area contributed by atoms with Gasteiger partial charge in [0.2, 0.25) is 5.91 Å². The molecule has 1 unspecified atom stereocenters. The predicted octanol–water partition coefficient (Wildman–Crippen LogP) is 4.56. The Morgan fingerprint density at radius 1 is 1.07 bits per heavy atom. The minimum atomic E-state index is 0.00640. The first-order valence-corrected chi connectivity index (χ1v) is 10.2. The summed E-state index contributed by atoms with van der Waals surface area (Å²) < 4.78 is 16.2. The van der Waals surface area contributed by atoms with Crippen LogP contribution in [0, 0.1) is 5.92 Å². The largest absolute Gasteiger partial charge is 0.497 e. The zero-order valence-corrected chi connectivity index (χ0v) is 17.3. The van der Waals surface area contributed by atoms with Crippen LogP contribution in [0.1, 0.15) is 36.8 Å². The van der Waals surface area contributed by atoms with E-state index in [4.69, 9.17) is 13.9 Å². The average Bonchev–Trinajstić information content (AvgIpc) is 3.53. The van der Waals surface area contributed by atoms with Crippen molar-refractivity contribution in [3.05, 3.63) is 66.2 Å². The summed E-state index contributed by atoms with van der Waals surface area (Å²) in [5.74, 6) is 3.36. The van der Waals surface area contributed by atoms with Crippen LogP contribution < -0.4 is 14.8 Å². The number of hydrogen-bond donors (Lipinski definition) is 1. The fourth-order valence-corrected chi connectivity index (χ4v) is 3.49. The number of amides is 1. The van der Waals surface area contributed by atoms with Gasteiger partial charge in [-0.05, 0) is 60.7 Å². The van der Waals surface area contributed by atoms with Gasteiger partial charge in [-0.2, -0.15) is 0 Å². The highest BCUT2D eigenvalue weighted by Crippen LogP contribution is 2.41. The fourth-order valence-electron chi connectivity index (χ4n) is 3.49. The molecule has 4 rings (SSSR count). The third-order valence-corrected chi connectivity index (χ3v) is 5.38. The highest BCUT2D eigenvalue weighted by atomic mass is 16.5. The number of benzene rings is 2. The van der Waals surface area contributed by atoms with E-state index in [2.05, 4.69) is 10.3 Å². The maximum Gasteiger partial charge on any atom is 0.221 e. The zero-order chi connectivity index (χ0) is 20.9. The molecule has 1 saturated carbocycles. The number of aryl methyl sites for hydroxylation is 1. The number of oxazole rings is 1. The first-order valence-electron chi connectivity index (χ1n) is 10.2. The van der Waals surface area contributed by atoms with Crippen molar-refractivity contribution in [2.45, 2.75) is 31.7 Å². The maximum atomic E-state index is 12.6. The number of carbonyl (C=O) groups excluding carboxylic acids is 1. The Labute approximate surface area is 176 Å². The molecule has 3 aromatic rings. The Kier molecular flexibility index (Phi) is 6.02. The van der Waals surface area contributed by atoms with Gasteiger partial charge in [-0.3, -0.25) is 4.79 Å². The number of nitrogens with one attached hydrogen (secondary N) is 1. The average molecular weight is 406 g/mol. The third kappa shape index (κ3) is 4.82. The van der Waals surface area contributed by atoms with Crippen molar-refractivity contribution in [1.82, 2.24) is 10.3 Å². The predicted molar refractivity (Wildman–Crippen MR) is 113 cm³/mol. The molecule has 1 N–H and O–H groups in total. The van der Waals surface area contributed by atoms with E-state index < -0.39 is 0 Å². The second kappa shape index (κ2) is 9.03. The van der Waals surface area contributed by atoms with Gasteiger partial charge in [-0.1, -0.05) is 12.1 Å². The smallest absolute Gasteiger partial charge is 0.221 e. The molecule has 156 valence electrons. The normalized spacial score (nSPS) is 14.2. The summed E-state index contributed by atoms with van der Waals surface area (Å²) in [7, 11) is 3.28. The molecule has 0 saturated heterocycles. The zero-order valence-electron chi connectivity index (χ0n) is 17.3. The van der Waals surface area contributed by atoms with Crippen LogP contribution in [0.15, 0.2) is 59.1 Å². The standard InChI is InChI=1S/C24H26N2O4/c1-28-19-9-5-16(6-10-19)21-15-25-23(30-21)14-13-22(27)26-24(17-3-4-17)18-7-11-20(29-2)12-8-18/h5-12,15,17,24H,3-4,13-14H2,1-2H3,(H,26,27). The molecule has 1 amide bonds. The lowest BCUT2D eigenvalue weighted by Gasteiger charge is -2.19. The summed E-state index contributed by atoms with van der Waals surface area (Å²) in [4.78, 5) is 16.9. The number of nitrogens with zero attached hydrogens (tertiary/aromatic N) is 1. The summed E-state index contributed by atoms with van der Waals surface area (Å²) in [6, 6.07) is 15.6. The molecule has 6 heteroatoms. The molecule has 6 nitrogen and oxygen atoms in total. The van der Waals surface area contributed by atoms with E-state index in [1.807, 2.05) is 48.5 Å². The van der Waals surface area contributed by atoms with Crippen LogP contribution >= 0.6 is 0 Å². The molecule has 30 heavy (non-hydrogen) atoms. The van der Waals surface area contributed by atoms with E-state index in [9.17, 15) is 4.79 Å². The molecule has 0 spiro atoms. The van der Waals surface area contributed by atoms with Crippen LogP contribution in [0.25, 0.3) is 11.3 Å². The number of hydrogen-bond acceptors (Lipinski definition) is 5. The first-order chi connectivity index (χ1) is 14.7. The summed E-state index contributed by atoms with van der Waals surface area (Å²) in [5, 5.41) is 3.19. The second-order valence-corrected chi connectivity index (χ2v) is 7.50. The summed E-state index contributed by atoms with van der Waals surface area (Å²) in [6.45, 7) is 0. The van der Waals surface area contributed by atoms with Gasteiger partial charge in [0.1, 0.15) is 11.5 Å². The molecule has 1 atom stereocenters. The Morgan fingerprint density at radius 3 is 2.30 bits per heavy atom. The van der Waals surface area contributed by atoms with Crippen LogP contribution in [0.5, 0.6) is 11.5 Å². The Morgan fingerprint density at radius 2 is 1.70 bits per heavy atom. The quantitative estimate of drug-likeness (QED) is 0.564.